The zero-order valence-electron chi connectivity index (χ0n) is 16.0. The minimum Gasteiger partial charge on any atom is -0.494 e. The lowest BCUT2D eigenvalue weighted by Crippen LogP contribution is -1.93. The molecule has 0 bridgehead atoms. The minimum absolute atomic E-state index is 0.286. The van der Waals surface area contributed by atoms with Crippen LogP contribution in [0.5, 0.6) is 5.75 Å². The Kier molecular flexibility index (Phi) is 5.39. The molecular weight excluding hydrogens is 366 g/mol. The van der Waals surface area contributed by atoms with Crippen LogP contribution in [0.1, 0.15) is 6.92 Å². The van der Waals surface area contributed by atoms with E-state index in [9.17, 15) is 8.78 Å². The molecule has 143 valence electrons. The number of ether oxygens (including phenoxy) is 1. The van der Waals surface area contributed by atoms with Gasteiger partial charge in [-0.25, -0.2) is 8.78 Å². The number of hydrogen-bond donors (Lipinski definition) is 0. The Hall–Kier alpha value is -3.46. The monoisotopic (exact) mass is 385 g/mol. The first-order valence-electron chi connectivity index (χ1n) is 9.45. The molecule has 0 unspecified atom stereocenters. The van der Waals surface area contributed by atoms with Crippen LogP contribution in [0.25, 0.3) is 33.4 Å². The lowest BCUT2D eigenvalue weighted by Gasteiger charge is -2.16. The molecule has 0 spiro atoms. The second kappa shape index (κ2) is 8.27. The number of halogens is 2. The van der Waals surface area contributed by atoms with E-state index in [1.807, 2.05) is 43.3 Å². The summed E-state index contributed by atoms with van der Waals surface area (Å²) in [5.74, 6) is 0.222. The van der Waals surface area contributed by atoms with E-state index in [-0.39, 0.29) is 11.6 Å². The topological polar surface area (TPSA) is 9.23 Å². The van der Waals surface area contributed by atoms with Crippen molar-refractivity contribution in [2.45, 2.75) is 6.92 Å². The van der Waals surface area contributed by atoms with Gasteiger partial charge in [0.25, 0.3) is 0 Å². The molecule has 0 aromatic heterocycles. The van der Waals surface area contributed by atoms with Gasteiger partial charge in [0, 0.05) is 0 Å². The highest BCUT2D eigenvalue weighted by Gasteiger charge is 2.15. The van der Waals surface area contributed by atoms with Gasteiger partial charge >= 0.3 is 0 Å². The van der Waals surface area contributed by atoms with Crippen LogP contribution in [0.4, 0.5) is 8.78 Å². The average molecular weight is 385 g/mol. The van der Waals surface area contributed by atoms with Gasteiger partial charge in [-0.1, -0.05) is 48.5 Å². The number of rotatable bonds is 5. The number of benzene rings is 4. The molecule has 0 fully saturated rings. The van der Waals surface area contributed by atoms with Crippen molar-refractivity contribution in [2.24, 2.45) is 0 Å². The van der Waals surface area contributed by atoms with Crippen LogP contribution in [0, 0.1) is 17.7 Å². The quantitative estimate of drug-likeness (QED) is 0.354. The van der Waals surface area contributed by atoms with Gasteiger partial charge in [0.2, 0.25) is 0 Å². The first-order valence-corrected chi connectivity index (χ1v) is 9.45. The van der Waals surface area contributed by atoms with Crippen LogP contribution in [-0.4, -0.2) is 6.61 Å². The van der Waals surface area contributed by atoms with Crippen molar-refractivity contribution in [1.82, 2.24) is 0 Å². The van der Waals surface area contributed by atoms with Crippen molar-refractivity contribution in [1.29, 1.82) is 0 Å². The molecule has 0 N–H and O–H groups in total. The third-order valence-corrected chi connectivity index (χ3v) is 4.74. The first-order chi connectivity index (χ1) is 14.2. The minimum atomic E-state index is -0.292. The highest BCUT2D eigenvalue weighted by molar-refractivity contribution is 5.94. The van der Waals surface area contributed by atoms with Crippen molar-refractivity contribution in [3.63, 3.8) is 0 Å². The molecule has 4 aromatic rings. The van der Waals surface area contributed by atoms with E-state index in [0.717, 1.165) is 39.1 Å². The van der Waals surface area contributed by atoms with E-state index < -0.39 is 0 Å². The molecule has 0 aliphatic heterocycles. The van der Waals surface area contributed by atoms with Crippen LogP contribution >= 0.6 is 0 Å². The van der Waals surface area contributed by atoms with Gasteiger partial charge in [0.1, 0.15) is 17.4 Å². The Morgan fingerprint density at radius 3 is 1.83 bits per heavy atom. The van der Waals surface area contributed by atoms with Crippen LogP contribution in [0.15, 0.2) is 84.9 Å². The largest absolute Gasteiger partial charge is 0.494 e. The summed E-state index contributed by atoms with van der Waals surface area (Å²) in [6.45, 7) is 2.55. The molecule has 0 saturated carbocycles. The van der Waals surface area contributed by atoms with E-state index in [4.69, 9.17) is 4.74 Å². The summed E-state index contributed by atoms with van der Waals surface area (Å²) in [5, 5.41) is 0. The molecular formula is C26H19F2O. The molecule has 4 aromatic carbocycles. The fourth-order valence-electron chi connectivity index (χ4n) is 3.40. The van der Waals surface area contributed by atoms with Gasteiger partial charge in [0.15, 0.2) is 0 Å². The first kappa shape index (κ1) is 18.9. The van der Waals surface area contributed by atoms with Crippen molar-refractivity contribution in [3.05, 3.63) is 103 Å². The summed E-state index contributed by atoms with van der Waals surface area (Å²) in [4.78, 5) is 0. The summed E-state index contributed by atoms with van der Waals surface area (Å²) in [6.07, 6.45) is 0. The summed E-state index contributed by atoms with van der Waals surface area (Å²) in [5.41, 5.74) is 5.46. The van der Waals surface area contributed by atoms with Gasteiger partial charge in [0.05, 0.1) is 6.61 Å². The van der Waals surface area contributed by atoms with Crippen LogP contribution < -0.4 is 4.74 Å². The highest BCUT2D eigenvalue weighted by Crippen LogP contribution is 2.40. The molecule has 0 amide bonds. The van der Waals surface area contributed by atoms with Crippen LogP contribution in [0.3, 0.4) is 0 Å². The van der Waals surface area contributed by atoms with E-state index in [1.54, 1.807) is 24.3 Å². The van der Waals surface area contributed by atoms with Crippen molar-refractivity contribution >= 4 is 0 Å². The molecule has 0 heterocycles. The highest BCUT2D eigenvalue weighted by atomic mass is 19.1. The van der Waals surface area contributed by atoms with Crippen molar-refractivity contribution in [3.8, 4) is 39.1 Å². The maximum Gasteiger partial charge on any atom is 0.123 e. The van der Waals surface area contributed by atoms with E-state index in [1.165, 1.54) is 24.3 Å². The molecule has 1 radical (unpaired) electrons. The molecule has 3 heteroatoms. The predicted octanol–water partition coefficient (Wildman–Crippen LogP) is 7.16. The summed E-state index contributed by atoms with van der Waals surface area (Å²) >= 11 is 0. The fraction of sp³-hybridized carbons (Fsp3) is 0.0769. The van der Waals surface area contributed by atoms with E-state index in [2.05, 4.69) is 6.07 Å². The molecule has 0 aliphatic carbocycles. The average Bonchev–Trinajstić information content (AvgIpc) is 2.75. The summed E-state index contributed by atoms with van der Waals surface area (Å²) in [7, 11) is 0. The van der Waals surface area contributed by atoms with Crippen molar-refractivity contribution in [2.75, 3.05) is 6.61 Å². The maximum atomic E-state index is 13.5. The number of hydrogen-bond acceptors (Lipinski definition) is 1. The third-order valence-electron chi connectivity index (χ3n) is 4.74. The smallest absolute Gasteiger partial charge is 0.123 e. The van der Waals surface area contributed by atoms with Crippen molar-refractivity contribution < 1.29 is 13.5 Å². The zero-order chi connectivity index (χ0) is 20.2. The Morgan fingerprint density at radius 1 is 0.690 bits per heavy atom. The van der Waals surface area contributed by atoms with Gasteiger partial charge in [-0.2, -0.15) is 0 Å². The second-order valence-corrected chi connectivity index (χ2v) is 6.61. The van der Waals surface area contributed by atoms with Gasteiger partial charge in [-0.15, -0.1) is 0 Å². The van der Waals surface area contributed by atoms with Crippen LogP contribution in [0.2, 0.25) is 0 Å². The summed E-state index contributed by atoms with van der Waals surface area (Å²) in [6, 6.07) is 27.7. The lowest BCUT2D eigenvalue weighted by atomic mass is 9.87. The van der Waals surface area contributed by atoms with E-state index in [0.29, 0.717) is 6.61 Å². The van der Waals surface area contributed by atoms with Gasteiger partial charge in [-0.05, 0) is 82.8 Å². The Labute approximate surface area is 169 Å². The molecule has 0 saturated heterocycles. The molecule has 4 rings (SSSR count). The molecule has 0 aliphatic rings. The standard InChI is InChI=1S/C26H19F2O/c1-2-29-23-16-10-19(11-17-23)25-5-3-4-24(18-6-12-21(27)13-7-18)26(25)20-8-14-22(28)15-9-20/h3-4,6-17H,2H2,1H3. The Morgan fingerprint density at radius 2 is 1.24 bits per heavy atom. The second-order valence-electron chi connectivity index (χ2n) is 6.61. The molecule has 1 nitrogen and oxygen atoms in total. The lowest BCUT2D eigenvalue weighted by molar-refractivity contribution is 0.340. The fourth-order valence-corrected chi connectivity index (χ4v) is 3.40. The predicted molar refractivity (Wildman–Crippen MR) is 113 cm³/mol. The van der Waals surface area contributed by atoms with Gasteiger partial charge < -0.3 is 4.74 Å². The third kappa shape index (κ3) is 4.04. The molecule has 29 heavy (non-hydrogen) atoms. The Bertz CT molecular complexity index is 1100. The van der Waals surface area contributed by atoms with Crippen LogP contribution in [-0.2, 0) is 0 Å². The van der Waals surface area contributed by atoms with Gasteiger partial charge in [-0.3, -0.25) is 0 Å². The summed E-state index contributed by atoms with van der Waals surface area (Å²) < 4.78 is 32.5. The molecule has 0 atom stereocenters. The Balaban J connectivity index is 1.92. The normalized spacial score (nSPS) is 10.7. The van der Waals surface area contributed by atoms with E-state index >= 15 is 0 Å². The maximum absolute atomic E-state index is 13.5. The SMILES string of the molecule is CCOc1ccc(-c2[c]ccc(-c3ccc(F)cc3)c2-c2ccc(F)cc2)cc1. The zero-order valence-corrected chi connectivity index (χ0v) is 16.0.